The van der Waals surface area contributed by atoms with E-state index in [1.807, 2.05) is 0 Å². The summed E-state index contributed by atoms with van der Waals surface area (Å²) in [5, 5.41) is 0. The summed E-state index contributed by atoms with van der Waals surface area (Å²) in [5.41, 5.74) is 7.00. The zero-order valence-corrected chi connectivity index (χ0v) is 16.8. The maximum atomic E-state index is 12.5. The summed E-state index contributed by atoms with van der Waals surface area (Å²) in [6.45, 7) is 5.85. The number of carbonyl (C=O) groups is 1. The Morgan fingerprint density at radius 1 is 1.27 bits per heavy atom. The molecule has 0 spiro atoms. The molecular formula is C21H33ClN2O2. The first-order valence-corrected chi connectivity index (χ1v) is 10.5. The molecule has 0 amide bonds. The van der Waals surface area contributed by atoms with Crippen molar-refractivity contribution in [3.05, 3.63) is 23.8 Å². The number of piperidine rings is 1. The number of Topliss-reactive ketones (excluding diaryl/α,β-unsaturated/α-hetero) is 1. The van der Waals surface area contributed by atoms with Gasteiger partial charge in [0.05, 0.1) is 5.69 Å². The van der Waals surface area contributed by atoms with Crippen LogP contribution in [0.5, 0.6) is 5.75 Å². The number of nitrogens with two attached hydrogens (primary N) is 1. The Labute approximate surface area is 163 Å². The average Bonchev–Trinajstić information content (AvgIpc) is 2.66. The number of alkyl halides is 1. The van der Waals surface area contributed by atoms with Crippen LogP contribution in [0.25, 0.3) is 0 Å². The highest BCUT2D eigenvalue weighted by atomic mass is 35.5. The molecule has 0 aliphatic carbocycles. The fourth-order valence-corrected chi connectivity index (χ4v) is 3.75. The van der Waals surface area contributed by atoms with Gasteiger partial charge in [-0.3, -0.25) is 4.79 Å². The lowest BCUT2D eigenvalue weighted by Gasteiger charge is -2.31. The molecule has 26 heavy (non-hydrogen) atoms. The van der Waals surface area contributed by atoms with Crippen molar-refractivity contribution in [1.82, 2.24) is 4.90 Å². The monoisotopic (exact) mass is 380 g/mol. The quantitative estimate of drug-likeness (QED) is 0.251. The van der Waals surface area contributed by atoms with Crippen molar-refractivity contribution in [1.29, 1.82) is 0 Å². The highest BCUT2D eigenvalue weighted by molar-refractivity contribution is 6.17. The first-order chi connectivity index (χ1) is 12.6. The second-order valence-corrected chi connectivity index (χ2v) is 7.53. The number of nitrogens with zero attached hydrogens (tertiary/aromatic N) is 1. The van der Waals surface area contributed by atoms with Gasteiger partial charge in [-0.1, -0.05) is 37.8 Å². The number of hydrogen-bond acceptors (Lipinski definition) is 4. The second-order valence-electron chi connectivity index (χ2n) is 7.31. The van der Waals surface area contributed by atoms with Gasteiger partial charge >= 0.3 is 0 Å². The Kier molecular flexibility index (Phi) is 9.27. The number of ketones is 1. The molecule has 1 saturated heterocycles. The SMILES string of the molecule is CCCCCCN1CCC(CCC(=O)c2ccc(N)c(OCCl)c2)CC1. The Hall–Kier alpha value is -1.26. The van der Waals surface area contributed by atoms with Crippen molar-refractivity contribution in [3.63, 3.8) is 0 Å². The number of unbranched alkanes of at least 4 members (excludes halogenated alkanes) is 3. The van der Waals surface area contributed by atoms with Gasteiger partial charge in [0.2, 0.25) is 0 Å². The van der Waals surface area contributed by atoms with E-state index < -0.39 is 0 Å². The van der Waals surface area contributed by atoms with E-state index in [2.05, 4.69) is 11.8 Å². The molecule has 2 N–H and O–H groups in total. The summed E-state index contributed by atoms with van der Waals surface area (Å²) in [6.07, 6.45) is 9.30. The molecule has 1 aliphatic rings. The van der Waals surface area contributed by atoms with Crippen LogP contribution in [-0.2, 0) is 0 Å². The van der Waals surface area contributed by atoms with Crippen molar-refractivity contribution in [3.8, 4) is 5.75 Å². The van der Waals surface area contributed by atoms with Crippen LogP contribution < -0.4 is 10.5 Å². The summed E-state index contributed by atoms with van der Waals surface area (Å²) in [5.74, 6) is 1.31. The Bertz CT molecular complexity index is 557. The minimum absolute atomic E-state index is 0.0266. The van der Waals surface area contributed by atoms with Crippen LogP contribution in [0.1, 0.15) is 68.6 Å². The number of likely N-dealkylation sites (tertiary alicyclic amines) is 1. The molecular weight excluding hydrogens is 348 g/mol. The lowest BCUT2D eigenvalue weighted by atomic mass is 9.90. The molecule has 146 valence electrons. The van der Waals surface area contributed by atoms with E-state index in [1.165, 1.54) is 58.2 Å². The predicted octanol–water partition coefficient (Wildman–Crippen LogP) is 5.10. The summed E-state index contributed by atoms with van der Waals surface area (Å²) >= 11 is 5.60. The van der Waals surface area contributed by atoms with Gasteiger partial charge in [-0.05, 0) is 69.4 Å². The lowest BCUT2D eigenvalue weighted by molar-refractivity contribution is 0.0962. The van der Waals surface area contributed by atoms with Gasteiger partial charge < -0.3 is 15.4 Å². The third kappa shape index (κ3) is 6.81. The van der Waals surface area contributed by atoms with Gasteiger partial charge in [0.25, 0.3) is 0 Å². The second kappa shape index (κ2) is 11.5. The van der Waals surface area contributed by atoms with E-state index in [-0.39, 0.29) is 11.8 Å². The summed E-state index contributed by atoms with van der Waals surface area (Å²) < 4.78 is 5.26. The number of carbonyl (C=O) groups excluding carboxylic acids is 1. The average molecular weight is 381 g/mol. The number of nitrogen functional groups attached to an aromatic ring is 1. The molecule has 0 aromatic heterocycles. The maximum absolute atomic E-state index is 12.5. The van der Waals surface area contributed by atoms with Crippen LogP contribution >= 0.6 is 11.6 Å². The highest BCUT2D eigenvalue weighted by Gasteiger charge is 2.20. The molecule has 0 unspecified atom stereocenters. The van der Waals surface area contributed by atoms with Gasteiger partial charge in [-0.2, -0.15) is 0 Å². The topological polar surface area (TPSA) is 55.6 Å². The van der Waals surface area contributed by atoms with Crippen LogP contribution in [-0.4, -0.2) is 36.4 Å². The first kappa shape index (κ1) is 21.0. The Balaban J connectivity index is 1.71. The third-order valence-corrected chi connectivity index (χ3v) is 5.47. The van der Waals surface area contributed by atoms with Crippen LogP contribution in [0, 0.1) is 5.92 Å². The number of rotatable bonds is 11. The normalized spacial score (nSPS) is 15.9. The summed E-state index contributed by atoms with van der Waals surface area (Å²) in [6, 6.07) is 5.22. The molecule has 0 atom stereocenters. The first-order valence-electron chi connectivity index (χ1n) is 9.97. The molecule has 1 aliphatic heterocycles. The number of hydrogen-bond donors (Lipinski definition) is 1. The maximum Gasteiger partial charge on any atom is 0.163 e. The number of benzene rings is 1. The largest absolute Gasteiger partial charge is 0.476 e. The predicted molar refractivity (Wildman–Crippen MR) is 109 cm³/mol. The van der Waals surface area contributed by atoms with Crippen LogP contribution in [0.2, 0.25) is 0 Å². The van der Waals surface area contributed by atoms with E-state index in [9.17, 15) is 4.79 Å². The molecule has 0 radical (unpaired) electrons. The van der Waals surface area contributed by atoms with Gasteiger partial charge in [0, 0.05) is 12.0 Å². The van der Waals surface area contributed by atoms with Crippen molar-refractivity contribution in [2.45, 2.75) is 58.3 Å². The van der Waals surface area contributed by atoms with E-state index in [0.717, 1.165) is 6.42 Å². The fourth-order valence-electron chi connectivity index (χ4n) is 3.63. The van der Waals surface area contributed by atoms with E-state index in [1.54, 1.807) is 18.2 Å². The van der Waals surface area contributed by atoms with Gasteiger partial charge in [-0.15, -0.1) is 0 Å². The van der Waals surface area contributed by atoms with E-state index >= 15 is 0 Å². The smallest absolute Gasteiger partial charge is 0.163 e. The van der Waals surface area contributed by atoms with Crippen molar-refractivity contribution in [2.24, 2.45) is 5.92 Å². The molecule has 0 saturated carbocycles. The molecule has 2 rings (SSSR count). The molecule has 5 heteroatoms. The van der Waals surface area contributed by atoms with Crippen molar-refractivity contribution >= 4 is 23.1 Å². The molecule has 1 aromatic carbocycles. The van der Waals surface area contributed by atoms with Crippen LogP contribution in [0.4, 0.5) is 5.69 Å². The zero-order valence-electron chi connectivity index (χ0n) is 16.0. The van der Waals surface area contributed by atoms with Crippen LogP contribution in [0.3, 0.4) is 0 Å². The van der Waals surface area contributed by atoms with Crippen molar-refractivity contribution in [2.75, 3.05) is 31.4 Å². The lowest BCUT2D eigenvalue weighted by Crippen LogP contribution is -2.34. The minimum Gasteiger partial charge on any atom is -0.476 e. The molecule has 0 bridgehead atoms. The standard InChI is InChI=1S/C21H33ClN2O2/c1-2-3-4-5-12-24-13-10-17(11-14-24)6-9-20(25)18-7-8-19(23)21(15-18)26-16-22/h7-8,15,17H,2-6,9-14,16,23H2,1H3. The van der Waals surface area contributed by atoms with Crippen molar-refractivity contribution < 1.29 is 9.53 Å². The Morgan fingerprint density at radius 2 is 2.04 bits per heavy atom. The molecule has 4 nitrogen and oxygen atoms in total. The van der Waals surface area contributed by atoms with Crippen LogP contribution in [0.15, 0.2) is 18.2 Å². The van der Waals surface area contributed by atoms with Gasteiger partial charge in [0.1, 0.15) is 5.75 Å². The molecule has 1 heterocycles. The minimum atomic E-state index is 0.0266. The summed E-state index contributed by atoms with van der Waals surface area (Å²) in [4.78, 5) is 15.1. The summed E-state index contributed by atoms with van der Waals surface area (Å²) in [7, 11) is 0. The zero-order chi connectivity index (χ0) is 18.8. The van der Waals surface area contributed by atoms with E-state index in [4.69, 9.17) is 22.1 Å². The van der Waals surface area contributed by atoms with Gasteiger partial charge in [-0.25, -0.2) is 0 Å². The van der Waals surface area contributed by atoms with E-state index in [0.29, 0.717) is 29.3 Å². The Morgan fingerprint density at radius 3 is 2.73 bits per heavy atom. The highest BCUT2D eigenvalue weighted by Crippen LogP contribution is 2.26. The van der Waals surface area contributed by atoms with Gasteiger partial charge in [0.15, 0.2) is 11.8 Å². The number of anilines is 1. The number of halogens is 1. The molecule has 1 aromatic rings. The molecule has 1 fully saturated rings. The third-order valence-electron chi connectivity index (χ3n) is 5.36. The fraction of sp³-hybridized carbons (Fsp3) is 0.667. The number of ether oxygens (including phenoxy) is 1.